The van der Waals surface area contributed by atoms with Crippen LogP contribution >= 0.6 is 11.3 Å². The van der Waals surface area contributed by atoms with Crippen LogP contribution < -0.4 is 15.3 Å². The van der Waals surface area contributed by atoms with Crippen molar-refractivity contribution in [1.29, 1.82) is 0 Å². The quantitative estimate of drug-likeness (QED) is 0.564. The third kappa shape index (κ3) is 3.95. The van der Waals surface area contributed by atoms with E-state index in [1.165, 1.54) is 4.70 Å². The van der Waals surface area contributed by atoms with Gasteiger partial charge in [-0.25, -0.2) is 0 Å². The van der Waals surface area contributed by atoms with Crippen molar-refractivity contribution < 1.29 is 9.53 Å². The number of fused-ring (bicyclic) bond motifs is 1. The van der Waals surface area contributed by atoms with Gasteiger partial charge in [-0.05, 0) is 48.9 Å². The molecular formula is C18H18N4O2S. The lowest BCUT2D eigenvalue weighted by Gasteiger charge is -2.04. The smallest absolute Gasteiger partial charge is 0.255 e. The minimum atomic E-state index is -0.503. The molecule has 0 radical (unpaired) electrons. The highest BCUT2D eigenvalue weighted by Gasteiger charge is 2.02. The van der Waals surface area contributed by atoms with Crippen molar-refractivity contribution in [3.63, 3.8) is 0 Å². The fraction of sp³-hybridized carbons (Fsp3) is 0.167. The zero-order chi connectivity index (χ0) is 17.8. The predicted molar refractivity (Wildman–Crippen MR) is 99.7 cm³/mol. The standard InChI is InChI=1S/C18H18N4O2S/c1-12(13-7-9-14(10-8-13)24-11-17(19)23)20-21-18-22(2)15-5-3-4-6-16(15)25-18/h3-10H,11H2,1-2H3,(H2,19,23)/b20-12+,21-18-. The second kappa shape index (κ2) is 7.31. The van der Waals surface area contributed by atoms with Crippen LogP contribution in [0.2, 0.25) is 0 Å². The van der Waals surface area contributed by atoms with Gasteiger partial charge in [0.15, 0.2) is 6.61 Å². The van der Waals surface area contributed by atoms with Crippen LogP contribution in [0.3, 0.4) is 0 Å². The number of thiazole rings is 1. The molecule has 1 heterocycles. The molecule has 1 aromatic heterocycles. The molecule has 3 rings (SSSR count). The molecule has 0 bridgehead atoms. The average molecular weight is 354 g/mol. The Morgan fingerprint density at radius 3 is 2.60 bits per heavy atom. The van der Waals surface area contributed by atoms with Crippen LogP contribution in [0, 0.1) is 0 Å². The van der Waals surface area contributed by atoms with Gasteiger partial charge in [-0.2, -0.15) is 5.10 Å². The Hall–Kier alpha value is -2.93. The number of primary amides is 1. The molecule has 0 saturated carbocycles. The fourth-order valence-electron chi connectivity index (χ4n) is 2.30. The summed E-state index contributed by atoms with van der Waals surface area (Å²) in [6, 6.07) is 15.4. The summed E-state index contributed by atoms with van der Waals surface area (Å²) >= 11 is 1.60. The zero-order valence-corrected chi connectivity index (χ0v) is 14.8. The van der Waals surface area contributed by atoms with Crippen LogP contribution in [0.15, 0.2) is 58.7 Å². The first-order valence-electron chi connectivity index (χ1n) is 7.69. The van der Waals surface area contributed by atoms with E-state index in [-0.39, 0.29) is 6.61 Å². The lowest BCUT2D eigenvalue weighted by atomic mass is 10.1. The van der Waals surface area contributed by atoms with Crippen LogP contribution in [0.1, 0.15) is 12.5 Å². The van der Waals surface area contributed by atoms with Crippen LogP contribution in [-0.2, 0) is 11.8 Å². The van der Waals surface area contributed by atoms with Crippen LogP contribution in [0.5, 0.6) is 5.75 Å². The molecule has 6 nitrogen and oxygen atoms in total. The van der Waals surface area contributed by atoms with E-state index in [0.29, 0.717) is 5.75 Å². The van der Waals surface area contributed by atoms with Crippen LogP contribution in [0.25, 0.3) is 10.2 Å². The number of nitrogens with two attached hydrogens (primary N) is 1. The lowest BCUT2D eigenvalue weighted by molar-refractivity contribution is -0.119. The zero-order valence-electron chi connectivity index (χ0n) is 14.0. The number of hydrogen-bond donors (Lipinski definition) is 1. The summed E-state index contributed by atoms with van der Waals surface area (Å²) in [4.78, 5) is 11.6. The van der Waals surface area contributed by atoms with Crippen molar-refractivity contribution in [3.05, 3.63) is 58.9 Å². The Morgan fingerprint density at radius 2 is 1.92 bits per heavy atom. The van der Waals surface area contributed by atoms with Gasteiger partial charge < -0.3 is 15.0 Å². The topological polar surface area (TPSA) is 82.0 Å². The van der Waals surface area contributed by atoms with Gasteiger partial charge in [-0.3, -0.25) is 4.79 Å². The van der Waals surface area contributed by atoms with Crippen molar-refractivity contribution in [2.45, 2.75) is 6.92 Å². The molecule has 1 amide bonds. The Balaban J connectivity index is 1.83. The molecule has 0 aliphatic heterocycles. The summed E-state index contributed by atoms with van der Waals surface area (Å²) in [7, 11) is 1.98. The number of benzene rings is 2. The maximum atomic E-state index is 10.7. The van der Waals surface area contributed by atoms with Gasteiger partial charge >= 0.3 is 0 Å². The van der Waals surface area contributed by atoms with Gasteiger partial charge in [0, 0.05) is 7.05 Å². The number of hydrogen-bond acceptors (Lipinski definition) is 5. The van der Waals surface area contributed by atoms with E-state index in [1.807, 2.05) is 42.8 Å². The molecule has 7 heteroatoms. The van der Waals surface area contributed by atoms with Gasteiger partial charge in [0.2, 0.25) is 4.80 Å². The first-order valence-corrected chi connectivity index (χ1v) is 8.50. The van der Waals surface area contributed by atoms with Gasteiger partial charge in [0.05, 0.1) is 15.9 Å². The number of amides is 1. The Kier molecular flexibility index (Phi) is 4.95. The SMILES string of the molecule is C/C(=N\N=c1/sc2ccccc2n1C)c1ccc(OCC(N)=O)cc1. The second-order valence-corrected chi connectivity index (χ2v) is 6.49. The number of rotatable bonds is 5. The van der Waals surface area contributed by atoms with Crippen LogP contribution in [0.4, 0.5) is 0 Å². The van der Waals surface area contributed by atoms with E-state index in [9.17, 15) is 4.79 Å². The highest BCUT2D eigenvalue weighted by molar-refractivity contribution is 7.16. The predicted octanol–water partition coefficient (Wildman–Crippen LogP) is 2.43. The highest BCUT2D eigenvalue weighted by atomic mass is 32.1. The number of carbonyl (C=O) groups excluding carboxylic acids is 1. The number of para-hydroxylation sites is 1. The summed E-state index contributed by atoms with van der Waals surface area (Å²) in [6.07, 6.45) is 0. The summed E-state index contributed by atoms with van der Waals surface area (Å²) in [5, 5.41) is 8.72. The van der Waals surface area contributed by atoms with Gasteiger partial charge in [-0.15, -0.1) is 5.10 Å². The normalized spacial score (nSPS) is 12.6. The summed E-state index contributed by atoms with van der Waals surface area (Å²) in [5.74, 6) is 0.0834. The van der Waals surface area contributed by atoms with Gasteiger partial charge in [0.25, 0.3) is 5.91 Å². The first kappa shape index (κ1) is 16.9. The minimum Gasteiger partial charge on any atom is -0.484 e. The van der Waals surface area contributed by atoms with E-state index < -0.39 is 5.91 Å². The molecule has 2 aromatic carbocycles. The molecule has 0 spiro atoms. The first-order chi connectivity index (χ1) is 12.0. The van der Waals surface area contributed by atoms with Crippen molar-refractivity contribution in [2.75, 3.05) is 6.61 Å². The third-order valence-electron chi connectivity index (χ3n) is 3.65. The van der Waals surface area contributed by atoms with E-state index in [2.05, 4.69) is 22.3 Å². The Bertz CT molecular complexity index is 1000. The summed E-state index contributed by atoms with van der Waals surface area (Å²) < 4.78 is 8.44. The fourth-order valence-corrected chi connectivity index (χ4v) is 3.27. The second-order valence-electron chi connectivity index (χ2n) is 5.48. The monoisotopic (exact) mass is 354 g/mol. The molecular weight excluding hydrogens is 336 g/mol. The van der Waals surface area contributed by atoms with Crippen molar-refractivity contribution >= 4 is 33.2 Å². The lowest BCUT2D eigenvalue weighted by Crippen LogP contribution is -2.20. The van der Waals surface area contributed by atoms with E-state index in [4.69, 9.17) is 10.5 Å². The van der Waals surface area contributed by atoms with E-state index in [0.717, 1.165) is 21.6 Å². The number of aromatic nitrogens is 1. The highest BCUT2D eigenvalue weighted by Crippen LogP contribution is 2.15. The maximum Gasteiger partial charge on any atom is 0.255 e. The number of nitrogens with zero attached hydrogens (tertiary/aromatic N) is 3. The maximum absolute atomic E-state index is 10.7. The van der Waals surface area contributed by atoms with Crippen molar-refractivity contribution in [2.24, 2.45) is 23.0 Å². The van der Waals surface area contributed by atoms with E-state index >= 15 is 0 Å². The molecule has 0 aliphatic carbocycles. The minimum absolute atomic E-state index is 0.135. The van der Waals surface area contributed by atoms with E-state index in [1.54, 1.807) is 23.5 Å². The number of ether oxygens (including phenoxy) is 1. The van der Waals surface area contributed by atoms with Crippen LogP contribution in [-0.4, -0.2) is 22.8 Å². The molecule has 0 fully saturated rings. The number of carbonyl (C=O) groups is 1. The van der Waals surface area contributed by atoms with Gasteiger partial charge in [-0.1, -0.05) is 23.5 Å². The van der Waals surface area contributed by atoms with Crippen molar-refractivity contribution in [1.82, 2.24) is 4.57 Å². The summed E-state index contributed by atoms with van der Waals surface area (Å²) in [6.45, 7) is 1.76. The third-order valence-corrected chi connectivity index (χ3v) is 4.76. The molecule has 25 heavy (non-hydrogen) atoms. The molecule has 0 atom stereocenters. The number of aryl methyl sites for hydroxylation is 1. The molecule has 0 aliphatic rings. The van der Waals surface area contributed by atoms with Gasteiger partial charge in [0.1, 0.15) is 5.75 Å². The average Bonchev–Trinajstić information content (AvgIpc) is 2.94. The van der Waals surface area contributed by atoms with Crippen molar-refractivity contribution in [3.8, 4) is 5.75 Å². The molecule has 2 N–H and O–H groups in total. The summed E-state index contributed by atoms with van der Waals surface area (Å²) in [5.41, 5.74) is 7.91. The Morgan fingerprint density at radius 1 is 1.20 bits per heavy atom. The molecule has 0 unspecified atom stereocenters. The molecule has 3 aromatic rings. The molecule has 0 saturated heterocycles. The molecule has 128 valence electrons. The Labute approximate surface area is 148 Å². The largest absolute Gasteiger partial charge is 0.484 e.